The molecule has 4 saturated carbocycles. The number of ketones is 1. The van der Waals surface area contributed by atoms with Crippen LogP contribution in [0.2, 0.25) is 0 Å². The summed E-state index contributed by atoms with van der Waals surface area (Å²) < 4.78 is 15.1. The molecule has 1 aromatic rings. The molecule has 4 aliphatic carbocycles. The second kappa shape index (κ2) is 7.18. The van der Waals surface area contributed by atoms with E-state index >= 15 is 0 Å². The van der Waals surface area contributed by atoms with E-state index in [4.69, 9.17) is 0 Å². The van der Waals surface area contributed by atoms with E-state index in [9.17, 15) is 14.3 Å². The van der Waals surface area contributed by atoms with Gasteiger partial charge in [-0.05, 0) is 98.9 Å². The molecule has 29 heavy (non-hydrogen) atoms. The molecule has 1 heterocycles. The van der Waals surface area contributed by atoms with Gasteiger partial charge < -0.3 is 5.11 Å². The normalized spacial score (nSPS) is 46.6. The monoisotopic (exact) mass is 402 g/mol. The molecule has 0 aliphatic heterocycles. The first-order valence-electron chi connectivity index (χ1n) is 11.7. The van der Waals surface area contributed by atoms with Crippen LogP contribution in [0.15, 0.2) is 18.5 Å². The highest BCUT2D eigenvalue weighted by molar-refractivity contribution is 5.82. The third kappa shape index (κ3) is 3.19. The molecule has 0 bridgehead atoms. The zero-order chi connectivity index (χ0) is 20.2. The van der Waals surface area contributed by atoms with Crippen LogP contribution in [0.4, 0.5) is 4.39 Å². The Morgan fingerprint density at radius 2 is 1.97 bits per heavy atom. The first-order chi connectivity index (χ1) is 13.9. The molecular formula is C24H35FN2O2. The van der Waals surface area contributed by atoms with E-state index in [1.54, 1.807) is 10.9 Å². The number of aliphatic hydroxyl groups is 1. The van der Waals surface area contributed by atoms with Crippen LogP contribution in [0.1, 0.15) is 64.7 Å². The Labute approximate surface area is 173 Å². The Morgan fingerprint density at radius 3 is 2.72 bits per heavy atom. The molecule has 0 saturated heterocycles. The molecule has 1 N–H and O–H groups in total. The molecule has 4 fully saturated rings. The largest absolute Gasteiger partial charge is 0.387 e. The highest BCUT2D eigenvalue weighted by atomic mass is 19.1. The zero-order valence-corrected chi connectivity index (χ0v) is 17.6. The lowest BCUT2D eigenvalue weighted by atomic mass is 9.49. The number of hydrogen-bond donors (Lipinski definition) is 1. The summed E-state index contributed by atoms with van der Waals surface area (Å²) in [5.74, 6) is 3.76. The second-order valence-corrected chi connectivity index (χ2v) is 10.9. The lowest BCUT2D eigenvalue weighted by Crippen LogP contribution is -2.52. The first kappa shape index (κ1) is 19.7. The van der Waals surface area contributed by atoms with Crippen molar-refractivity contribution < 1.29 is 14.3 Å². The van der Waals surface area contributed by atoms with Crippen LogP contribution in [0.25, 0.3) is 0 Å². The maximum atomic E-state index is 13.3. The highest BCUT2D eigenvalue weighted by Crippen LogP contribution is 2.64. The van der Waals surface area contributed by atoms with Crippen LogP contribution in [-0.4, -0.2) is 32.9 Å². The molecule has 4 aliphatic rings. The smallest absolute Gasteiger partial charge is 0.157 e. The van der Waals surface area contributed by atoms with Gasteiger partial charge in [-0.25, -0.2) is 4.39 Å². The molecule has 1 aromatic heterocycles. The third-order valence-electron chi connectivity index (χ3n) is 9.62. The van der Waals surface area contributed by atoms with Crippen molar-refractivity contribution in [2.45, 2.75) is 76.9 Å². The van der Waals surface area contributed by atoms with Crippen LogP contribution in [-0.2, 0) is 11.3 Å². The number of carbonyl (C=O) groups excluding carboxylic acids is 1. The van der Waals surface area contributed by atoms with Gasteiger partial charge in [-0.1, -0.05) is 6.92 Å². The van der Waals surface area contributed by atoms with Crippen molar-refractivity contribution in [1.82, 2.24) is 9.78 Å². The minimum atomic E-state index is -1.06. The summed E-state index contributed by atoms with van der Waals surface area (Å²) in [5, 5.41) is 14.7. The van der Waals surface area contributed by atoms with Crippen molar-refractivity contribution in [3.63, 3.8) is 0 Å². The molecule has 160 valence electrons. The lowest BCUT2D eigenvalue weighted by molar-refractivity contribution is -0.134. The van der Waals surface area contributed by atoms with Crippen molar-refractivity contribution in [1.29, 1.82) is 0 Å². The number of rotatable bonds is 4. The van der Waals surface area contributed by atoms with E-state index in [0.717, 1.165) is 31.6 Å². The highest BCUT2D eigenvalue weighted by Gasteiger charge is 2.58. The maximum Gasteiger partial charge on any atom is 0.157 e. The Hall–Kier alpha value is -1.23. The molecular weight excluding hydrogens is 367 g/mol. The van der Waals surface area contributed by atoms with E-state index in [2.05, 4.69) is 12.0 Å². The molecule has 0 unspecified atom stereocenters. The third-order valence-corrected chi connectivity index (χ3v) is 9.62. The SMILES string of the molecule is C[C@]12CC[C@H]3[C@@H](CC[C@@H]4C[C@@](O)(CF)CC[C@@H]43)[C@@H]1CC[C@@H]2C(=O)Cn1cccn1. The summed E-state index contributed by atoms with van der Waals surface area (Å²) in [4.78, 5) is 13.1. The molecule has 0 spiro atoms. The van der Waals surface area contributed by atoms with Crippen molar-refractivity contribution in [3.05, 3.63) is 18.5 Å². The fourth-order valence-electron chi connectivity index (χ4n) is 8.28. The minimum absolute atomic E-state index is 0.132. The van der Waals surface area contributed by atoms with E-state index in [1.807, 2.05) is 12.3 Å². The van der Waals surface area contributed by atoms with Gasteiger partial charge in [-0.15, -0.1) is 0 Å². The predicted octanol–water partition coefficient (Wildman–Crippen LogP) is 4.42. The summed E-state index contributed by atoms with van der Waals surface area (Å²) in [5.41, 5.74) is -0.929. The standard InChI is InChI=1S/C24H35FN2O2/c1-23-9-7-18-17-8-10-24(29,15-25)13-16(17)3-4-19(18)20(23)5-6-21(23)22(28)14-27-12-2-11-26-27/h2,11-12,16-21,29H,3-10,13-15H2,1H3/t16-,17+,18-,19-,20+,21-,23+,24-/m1/s1. The number of aromatic nitrogens is 2. The summed E-state index contributed by atoms with van der Waals surface area (Å²) >= 11 is 0. The van der Waals surface area contributed by atoms with Gasteiger partial charge in [-0.2, -0.15) is 5.10 Å². The number of nitrogens with zero attached hydrogens (tertiary/aromatic N) is 2. The average molecular weight is 403 g/mol. The molecule has 0 radical (unpaired) electrons. The number of carbonyl (C=O) groups is 1. The van der Waals surface area contributed by atoms with Crippen molar-refractivity contribution in [2.24, 2.45) is 40.9 Å². The zero-order valence-electron chi connectivity index (χ0n) is 17.6. The quantitative estimate of drug-likeness (QED) is 0.811. The van der Waals surface area contributed by atoms with Crippen molar-refractivity contribution in [3.8, 4) is 0 Å². The van der Waals surface area contributed by atoms with E-state index in [-0.39, 0.29) is 11.3 Å². The predicted molar refractivity (Wildman–Crippen MR) is 109 cm³/mol. The number of alkyl halides is 1. The average Bonchev–Trinajstić information content (AvgIpc) is 3.34. The number of hydrogen-bond acceptors (Lipinski definition) is 3. The maximum absolute atomic E-state index is 13.3. The number of fused-ring (bicyclic) bond motifs is 5. The second-order valence-electron chi connectivity index (χ2n) is 10.9. The molecule has 8 atom stereocenters. The van der Waals surface area contributed by atoms with E-state index < -0.39 is 12.3 Å². The molecule has 5 heteroatoms. The Balaban J connectivity index is 1.31. The van der Waals surface area contributed by atoms with Crippen LogP contribution in [0.3, 0.4) is 0 Å². The van der Waals surface area contributed by atoms with Crippen LogP contribution >= 0.6 is 0 Å². The van der Waals surface area contributed by atoms with Crippen molar-refractivity contribution in [2.75, 3.05) is 6.67 Å². The number of Topliss-reactive ketones (excluding diaryl/α,β-unsaturated/α-hetero) is 1. The van der Waals surface area contributed by atoms with Gasteiger partial charge >= 0.3 is 0 Å². The molecule has 4 nitrogen and oxygen atoms in total. The summed E-state index contributed by atoms with van der Waals surface area (Å²) in [6, 6.07) is 1.88. The van der Waals surface area contributed by atoms with Crippen LogP contribution in [0, 0.1) is 40.9 Å². The summed E-state index contributed by atoms with van der Waals surface area (Å²) in [6.45, 7) is 2.20. The van der Waals surface area contributed by atoms with E-state index in [0.29, 0.717) is 48.8 Å². The van der Waals surface area contributed by atoms with Crippen LogP contribution < -0.4 is 0 Å². The van der Waals surface area contributed by atoms with Crippen molar-refractivity contribution >= 4 is 5.78 Å². The Morgan fingerprint density at radius 1 is 1.14 bits per heavy atom. The van der Waals surface area contributed by atoms with Crippen LogP contribution in [0.5, 0.6) is 0 Å². The van der Waals surface area contributed by atoms with Gasteiger partial charge in [0.2, 0.25) is 0 Å². The van der Waals surface area contributed by atoms with Gasteiger partial charge in [0.25, 0.3) is 0 Å². The van der Waals surface area contributed by atoms with E-state index in [1.165, 1.54) is 19.3 Å². The van der Waals surface area contributed by atoms with Gasteiger partial charge in [-0.3, -0.25) is 9.48 Å². The fourth-order valence-corrected chi connectivity index (χ4v) is 8.28. The molecule has 0 amide bonds. The minimum Gasteiger partial charge on any atom is -0.387 e. The van der Waals surface area contributed by atoms with Gasteiger partial charge in [0.1, 0.15) is 6.67 Å². The molecule has 5 rings (SSSR count). The summed E-state index contributed by atoms with van der Waals surface area (Å²) in [6.07, 6.45) is 12.8. The topological polar surface area (TPSA) is 55.1 Å². The van der Waals surface area contributed by atoms with Gasteiger partial charge in [0.05, 0.1) is 12.1 Å². The lowest BCUT2D eigenvalue weighted by Gasteiger charge is -2.56. The first-order valence-corrected chi connectivity index (χ1v) is 11.7. The summed E-state index contributed by atoms with van der Waals surface area (Å²) in [7, 11) is 0. The fraction of sp³-hybridized carbons (Fsp3) is 0.833. The Bertz CT molecular complexity index is 752. The van der Waals surface area contributed by atoms with Gasteiger partial charge in [0, 0.05) is 18.3 Å². The Kier molecular flexibility index (Phi) is 4.88. The number of halogens is 1. The van der Waals surface area contributed by atoms with Gasteiger partial charge in [0.15, 0.2) is 5.78 Å². The molecule has 0 aromatic carbocycles.